The Morgan fingerprint density at radius 3 is 2.65 bits per heavy atom. The maximum atomic E-state index is 13.4. The molecule has 0 spiro atoms. The normalized spacial score (nSPS) is 15.7. The zero-order chi connectivity index (χ0) is 22.9. The Morgan fingerprint density at radius 1 is 0.912 bits per heavy atom. The van der Waals surface area contributed by atoms with Crippen LogP contribution in [-0.4, -0.2) is 53.6 Å². The lowest BCUT2D eigenvalue weighted by molar-refractivity contribution is 0.0780. The summed E-state index contributed by atoms with van der Waals surface area (Å²) in [6.07, 6.45) is 2.62. The number of hydrogen-bond acceptors (Lipinski definition) is 5. The summed E-state index contributed by atoms with van der Waals surface area (Å²) in [4.78, 5) is 27.0. The summed E-state index contributed by atoms with van der Waals surface area (Å²) in [7, 11) is 0. The molecule has 2 aromatic heterocycles. The van der Waals surface area contributed by atoms with Crippen LogP contribution < -0.4 is 4.90 Å². The van der Waals surface area contributed by atoms with E-state index in [-0.39, 0.29) is 5.91 Å². The number of amides is 1. The topological polar surface area (TPSA) is 58.6 Å². The second-order valence-electron chi connectivity index (χ2n) is 8.82. The number of anilines is 1. The second kappa shape index (κ2) is 8.88. The Hall–Kier alpha value is -3.77. The highest BCUT2D eigenvalue weighted by Gasteiger charge is 2.30. The van der Waals surface area contributed by atoms with Crippen molar-refractivity contribution in [2.45, 2.75) is 13.0 Å². The van der Waals surface area contributed by atoms with Crippen LogP contribution in [0.1, 0.15) is 21.6 Å². The van der Waals surface area contributed by atoms with E-state index in [1.54, 1.807) is 0 Å². The van der Waals surface area contributed by atoms with Gasteiger partial charge in [-0.15, -0.1) is 0 Å². The van der Waals surface area contributed by atoms with E-state index in [1.807, 2.05) is 47.5 Å². The van der Waals surface area contributed by atoms with Crippen molar-refractivity contribution in [3.05, 3.63) is 89.7 Å². The maximum absolute atomic E-state index is 13.4. The summed E-state index contributed by atoms with van der Waals surface area (Å²) in [5, 5.41) is 1.13. The zero-order valence-electron chi connectivity index (χ0n) is 19.0. The predicted octanol–water partition coefficient (Wildman–Crippen LogP) is 4.33. The van der Waals surface area contributed by atoms with E-state index in [9.17, 15) is 4.79 Å². The molecular formula is C28H26N4O2. The molecule has 0 bridgehead atoms. The van der Waals surface area contributed by atoms with Gasteiger partial charge in [0.25, 0.3) is 5.91 Å². The van der Waals surface area contributed by atoms with Crippen LogP contribution in [0, 0.1) is 0 Å². The number of morpholine rings is 1. The summed E-state index contributed by atoms with van der Waals surface area (Å²) in [5.41, 5.74) is 5.80. The van der Waals surface area contributed by atoms with Crippen LogP contribution in [0.25, 0.3) is 22.0 Å². The minimum absolute atomic E-state index is 0.0867. The third-order valence-electron chi connectivity index (χ3n) is 6.70. The minimum Gasteiger partial charge on any atom is -0.378 e. The van der Waals surface area contributed by atoms with E-state index in [1.165, 1.54) is 0 Å². The van der Waals surface area contributed by atoms with Crippen molar-refractivity contribution < 1.29 is 9.53 Å². The monoisotopic (exact) mass is 450 g/mol. The first-order valence-corrected chi connectivity index (χ1v) is 11.8. The van der Waals surface area contributed by atoms with Crippen molar-refractivity contribution >= 4 is 22.6 Å². The van der Waals surface area contributed by atoms with E-state index in [4.69, 9.17) is 9.72 Å². The molecule has 0 saturated carbocycles. The number of carbonyl (C=O) groups is 1. The largest absolute Gasteiger partial charge is 0.378 e. The van der Waals surface area contributed by atoms with Gasteiger partial charge in [-0.1, -0.05) is 42.5 Å². The first-order chi connectivity index (χ1) is 16.8. The number of pyridine rings is 2. The molecule has 2 aromatic carbocycles. The molecule has 4 aromatic rings. The van der Waals surface area contributed by atoms with E-state index in [2.05, 4.69) is 40.2 Å². The molecule has 6 heteroatoms. The van der Waals surface area contributed by atoms with Gasteiger partial charge in [-0.3, -0.25) is 9.78 Å². The summed E-state index contributed by atoms with van der Waals surface area (Å²) >= 11 is 0. The third kappa shape index (κ3) is 3.90. The van der Waals surface area contributed by atoms with E-state index >= 15 is 0 Å². The maximum Gasteiger partial charge on any atom is 0.255 e. The Bertz CT molecular complexity index is 1350. The van der Waals surface area contributed by atoms with Gasteiger partial charge in [-0.05, 0) is 35.4 Å². The van der Waals surface area contributed by atoms with Gasteiger partial charge in [-0.2, -0.15) is 0 Å². The van der Waals surface area contributed by atoms with Crippen LogP contribution in [0.4, 0.5) is 5.82 Å². The molecule has 4 heterocycles. The van der Waals surface area contributed by atoms with Crippen molar-refractivity contribution in [1.29, 1.82) is 0 Å². The quantitative estimate of drug-likeness (QED) is 0.453. The van der Waals surface area contributed by atoms with E-state index in [0.29, 0.717) is 13.1 Å². The number of fused-ring (bicyclic) bond motifs is 2. The fraction of sp³-hybridized carbons (Fsp3) is 0.250. The Balaban J connectivity index is 1.20. The SMILES string of the molecule is O=C1c2c(cccc2-c2ccc(N3CCOCC3)nc2)CN1CCc1ccc2ccccc2n1. The number of benzene rings is 2. The van der Waals surface area contributed by atoms with Gasteiger partial charge in [0, 0.05) is 55.4 Å². The molecule has 1 amide bonds. The zero-order valence-corrected chi connectivity index (χ0v) is 19.0. The number of hydrogen-bond donors (Lipinski definition) is 0. The number of aromatic nitrogens is 2. The Labute approximate surface area is 198 Å². The van der Waals surface area contributed by atoms with Crippen LogP contribution in [0.15, 0.2) is 72.9 Å². The Kier molecular flexibility index (Phi) is 5.43. The first kappa shape index (κ1) is 20.8. The van der Waals surface area contributed by atoms with Crippen LogP contribution >= 0.6 is 0 Å². The van der Waals surface area contributed by atoms with Gasteiger partial charge in [0.2, 0.25) is 0 Å². The fourth-order valence-corrected chi connectivity index (χ4v) is 4.86. The lowest BCUT2D eigenvalue weighted by atomic mass is 9.98. The lowest BCUT2D eigenvalue weighted by Gasteiger charge is -2.27. The number of nitrogens with zero attached hydrogens (tertiary/aromatic N) is 4. The number of ether oxygens (including phenoxy) is 1. The molecule has 170 valence electrons. The molecular weight excluding hydrogens is 424 g/mol. The average Bonchev–Trinajstić information content (AvgIpc) is 3.23. The van der Waals surface area contributed by atoms with Crippen molar-refractivity contribution in [2.75, 3.05) is 37.7 Å². The molecule has 0 aliphatic carbocycles. The van der Waals surface area contributed by atoms with Gasteiger partial charge >= 0.3 is 0 Å². The molecule has 1 fully saturated rings. The highest BCUT2D eigenvalue weighted by atomic mass is 16.5. The number of para-hydroxylation sites is 1. The molecule has 6 rings (SSSR count). The fourth-order valence-electron chi connectivity index (χ4n) is 4.86. The minimum atomic E-state index is 0.0867. The summed E-state index contributed by atoms with van der Waals surface area (Å²) in [5.74, 6) is 1.04. The van der Waals surface area contributed by atoms with Crippen LogP contribution in [-0.2, 0) is 17.7 Å². The van der Waals surface area contributed by atoms with Crippen molar-refractivity contribution in [2.24, 2.45) is 0 Å². The molecule has 0 atom stereocenters. The molecule has 2 aliphatic rings. The third-order valence-corrected chi connectivity index (χ3v) is 6.70. The predicted molar refractivity (Wildman–Crippen MR) is 133 cm³/mol. The summed E-state index contributed by atoms with van der Waals surface area (Å²) in [6.45, 7) is 4.45. The van der Waals surface area contributed by atoms with E-state index in [0.717, 1.165) is 77.4 Å². The van der Waals surface area contributed by atoms with Gasteiger partial charge in [0.1, 0.15) is 5.82 Å². The van der Waals surface area contributed by atoms with Crippen molar-refractivity contribution in [1.82, 2.24) is 14.9 Å². The molecule has 34 heavy (non-hydrogen) atoms. The van der Waals surface area contributed by atoms with Gasteiger partial charge in [0.05, 0.1) is 24.3 Å². The van der Waals surface area contributed by atoms with Crippen LogP contribution in [0.3, 0.4) is 0 Å². The highest BCUT2D eigenvalue weighted by molar-refractivity contribution is 6.04. The number of carbonyl (C=O) groups excluding carboxylic acids is 1. The molecule has 6 nitrogen and oxygen atoms in total. The highest BCUT2D eigenvalue weighted by Crippen LogP contribution is 2.33. The second-order valence-corrected chi connectivity index (χ2v) is 8.82. The van der Waals surface area contributed by atoms with E-state index < -0.39 is 0 Å². The summed E-state index contributed by atoms with van der Waals surface area (Å²) < 4.78 is 5.44. The van der Waals surface area contributed by atoms with Crippen LogP contribution in [0.5, 0.6) is 0 Å². The molecule has 2 aliphatic heterocycles. The first-order valence-electron chi connectivity index (χ1n) is 11.8. The molecule has 0 radical (unpaired) electrons. The van der Waals surface area contributed by atoms with Gasteiger partial charge < -0.3 is 14.5 Å². The number of rotatable bonds is 5. The van der Waals surface area contributed by atoms with Gasteiger partial charge in [0.15, 0.2) is 0 Å². The average molecular weight is 451 g/mol. The Morgan fingerprint density at radius 2 is 1.79 bits per heavy atom. The van der Waals surface area contributed by atoms with Crippen LogP contribution in [0.2, 0.25) is 0 Å². The molecule has 0 unspecified atom stereocenters. The molecule has 0 N–H and O–H groups in total. The summed E-state index contributed by atoms with van der Waals surface area (Å²) in [6, 6.07) is 22.5. The van der Waals surface area contributed by atoms with Crippen molar-refractivity contribution in [3.8, 4) is 11.1 Å². The van der Waals surface area contributed by atoms with Crippen molar-refractivity contribution in [3.63, 3.8) is 0 Å². The molecule has 1 saturated heterocycles. The smallest absolute Gasteiger partial charge is 0.255 e. The lowest BCUT2D eigenvalue weighted by Crippen LogP contribution is -2.36. The van der Waals surface area contributed by atoms with Gasteiger partial charge in [-0.25, -0.2) is 4.98 Å². The standard InChI is InChI=1S/C28H26N4O2/c33-28-27-22(19-32(28)13-12-23-10-8-20-4-1-2-7-25(20)30-23)5-3-6-24(27)21-9-11-26(29-18-21)31-14-16-34-17-15-31/h1-11,18H,12-17,19H2.